The monoisotopic (exact) mass is 116 g/mol. The van der Waals surface area contributed by atoms with E-state index < -0.39 is 0 Å². The highest BCUT2D eigenvalue weighted by Crippen LogP contribution is 2.06. The minimum Gasteiger partial charge on any atom is -0.118 e. The lowest BCUT2D eigenvalue weighted by Crippen LogP contribution is -1.64. The standard InChI is InChI=1S/C6H13P/c1-3-5-6-7-4-2/h3,5,7H,4,6H2,1-2H3. The predicted molar refractivity (Wildman–Crippen MR) is 38.5 cm³/mol. The molecule has 0 aliphatic carbocycles. The van der Waals surface area contributed by atoms with Crippen LogP contribution in [0.25, 0.3) is 0 Å². The molecule has 0 saturated heterocycles. The third-order valence-corrected chi connectivity index (χ3v) is 1.77. The fraction of sp³-hybridized carbons (Fsp3) is 0.667. The first-order chi connectivity index (χ1) is 3.41. The third-order valence-electron chi connectivity index (χ3n) is 0.748. The van der Waals surface area contributed by atoms with Gasteiger partial charge in [0, 0.05) is 0 Å². The van der Waals surface area contributed by atoms with E-state index in [0.717, 1.165) is 8.58 Å². The number of allylic oxidation sites excluding steroid dienone is 2. The highest BCUT2D eigenvalue weighted by atomic mass is 31.1. The maximum atomic E-state index is 2.22. The van der Waals surface area contributed by atoms with Crippen LogP contribution < -0.4 is 0 Å². The maximum Gasteiger partial charge on any atom is -0.0173 e. The normalized spacial score (nSPS) is 12.3. The van der Waals surface area contributed by atoms with Crippen LogP contribution in [0.3, 0.4) is 0 Å². The van der Waals surface area contributed by atoms with Gasteiger partial charge in [-0.1, -0.05) is 19.1 Å². The molecule has 1 unspecified atom stereocenters. The van der Waals surface area contributed by atoms with Crippen LogP contribution in [0.5, 0.6) is 0 Å². The van der Waals surface area contributed by atoms with Crippen molar-refractivity contribution in [2.45, 2.75) is 13.8 Å². The van der Waals surface area contributed by atoms with Gasteiger partial charge in [-0.05, 0) is 19.2 Å². The first-order valence-corrected chi connectivity index (χ1v) is 4.15. The van der Waals surface area contributed by atoms with Gasteiger partial charge in [0.2, 0.25) is 0 Å². The van der Waals surface area contributed by atoms with E-state index in [1.54, 1.807) is 0 Å². The van der Waals surface area contributed by atoms with E-state index in [1.807, 2.05) is 0 Å². The molecule has 0 saturated carbocycles. The summed E-state index contributed by atoms with van der Waals surface area (Å²) in [6.07, 6.45) is 6.96. The Labute approximate surface area is 47.8 Å². The maximum absolute atomic E-state index is 2.22. The smallest absolute Gasteiger partial charge is 0.0173 e. The molecule has 0 amide bonds. The van der Waals surface area contributed by atoms with Crippen LogP contribution >= 0.6 is 8.58 Å². The molecule has 0 radical (unpaired) electrons. The second-order valence-electron chi connectivity index (χ2n) is 1.38. The average molecular weight is 116 g/mol. The summed E-state index contributed by atoms with van der Waals surface area (Å²) < 4.78 is 0. The van der Waals surface area contributed by atoms with Gasteiger partial charge < -0.3 is 0 Å². The van der Waals surface area contributed by atoms with Crippen molar-refractivity contribution < 1.29 is 0 Å². The van der Waals surface area contributed by atoms with Gasteiger partial charge in [0.25, 0.3) is 0 Å². The molecular formula is C6H13P. The van der Waals surface area contributed by atoms with E-state index in [0.29, 0.717) is 0 Å². The molecule has 0 aromatic heterocycles. The zero-order valence-corrected chi connectivity index (χ0v) is 6.07. The Morgan fingerprint density at radius 3 is 2.71 bits per heavy atom. The predicted octanol–water partition coefficient (Wildman–Crippen LogP) is 2.26. The summed E-state index contributed by atoms with van der Waals surface area (Å²) in [5.41, 5.74) is 0. The Bertz CT molecular complexity index is 48.1. The van der Waals surface area contributed by atoms with Crippen molar-refractivity contribution >= 4 is 8.58 Å². The Morgan fingerprint density at radius 1 is 1.57 bits per heavy atom. The largest absolute Gasteiger partial charge is 0.118 e. The summed E-state index contributed by atoms with van der Waals surface area (Å²) in [5, 5.41) is 0. The summed E-state index contributed by atoms with van der Waals surface area (Å²) in [7, 11) is 1.13. The van der Waals surface area contributed by atoms with Crippen molar-refractivity contribution in [1.29, 1.82) is 0 Å². The van der Waals surface area contributed by atoms with Crippen LogP contribution in [0.15, 0.2) is 12.2 Å². The topological polar surface area (TPSA) is 0 Å². The SMILES string of the molecule is CC=CCPCC. The molecule has 0 aromatic rings. The average Bonchev–Trinajstić information content (AvgIpc) is 1.69. The molecule has 0 spiro atoms. The Kier molecular flexibility index (Phi) is 6.32. The van der Waals surface area contributed by atoms with E-state index >= 15 is 0 Å². The van der Waals surface area contributed by atoms with E-state index in [2.05, 4.69) is 26.0 Å². The highest BCUT2D eigenvalue weighted by Gasteiger charge is 1.72. The van der Waals surface area contributed by atoms with Gasteiger partial charge in [0.05, 0.1) is 0 Å². The molecule has 0 rings (SSSR count). The van der Waals surface area contributed by atoms with E-state index in [-0.39, 0.29) is 0 Å². The number of rotatable bonds is 3. The van der Waals surface area contributed by atoms with Gasteiger partial charge in [-0.2, -0.15) is 0 Å². The minimum absolute atomic E-state index is 1.13. The highest BCUT2D eigenvalue weighted by molar-refractivity contribution is 7.38. The Morgan fingerprint density at radius 2 is 2.29 bits per heavy atom. The molecule has 0 fully saturated rings. The van der Waals surface area contributed by atoms with Gasteiger partial charge in [-0.15, -0.1) is 8.58 Å². The first-order valence-electron chi connectivity index (χ1n) is 2.73. The molecule has 0 aliphatic heterocycles. The summed E-state index contributed by atoms with van der Waals surface area (Å²) in [6, 6.07) is 0. The Balaban J connectivity index is 2.69. The van der Waals surface area contributed by atoms with Crippen molar-refractivity contribution in [2.75, 3.05) is 12.3 Å². The lowest BCUT2D eigenvalue weighted by atomic mass is 10.6. The van der Waals surface area contributed by atoms with Crippen LogP contribution in [0.2, 0.25) is 0 Å². The molecule has 0 aromatic carbocycles. The van der Waals surface area contributed by atoms with Crippen LogP contribution in [-0.2, 0) is 0 Å². The van der Waals surface area contributed by atoms with Crippen LogP contribution in [0, 0.1) is 0 Å². The molecule has 42 valence electrons. The zero-order chi connectivity index (χ0) is 5.54. The van der Waals surface area contributed by atoms with Crippen molar-refractivity contribution in [3.8, 4) is 0 Å². The number of hydrogen-bond donors (Lipinski definition) is 0. The van der Waals surface area contributed by atoms with Crippen molar-refractivity contribution in [3.63, 3.8) is 0 Å². The van der Waals surface area contributed by atoms with E-state index in [4.69, 9.17) is 0 Å². The molecule has 0 N–H and O–H groups in total. The molecule has 0 heterocycles. The summed E-state index contributed by atoms with van der Waals surface area (Å²) in [5.74, 6) is 0. The molecule has 0 aliphatic rings. The van der Waals surface area contributed by atoms with Crippen LogP contribution in [0.4, 0.5) is 0 Å². The van der Waals surface area contributed by atoms with Gasteiger partial charge in [0.15, 0.2) is 0 Å². The van der Waals surface area contributed by atoms with Crippen molar-refractivity contribution in [2.24, 2.45) is 0 Å². The molecule has 0 nitrogen and oxygen atoms in total. The first kappa shape index (κ1) is 7.17. The van der Waals surface area contributed by atoms with Crippen LogP contribution in [-0.4, -0.2) is 12.3 Å². The molecule has 1 heteroatoms. The van der Waals surface area contributed by atoms with Crippen LogP contribution in [0.1, 0.15) is 13.8 Å². The summed E-state index contributed by atoms with van der Waals surface area (Å²) in [6.45, 7) is 4.29. The lowest BCUT2D eigenvalue weighted by Gasteiger charge is -1.84. The second kappa shape index (κ2) is 6.17. The fourth-order valence-electron chi connectivity index (χ4n) is 0.346. The van der Waals surface area contributed by atoms with Gasteiger partial charge >= 0.3 is 0 Å². The lowest BCUT2D eigenvalue weighted by molar-refractivity contribution is 1.50. The molecule has 0 bridgehead atoms. The number of hydrogen-bond acceptors (Lipinski definition) is 0. The van der Waals surface area contributed by atoms with Gasteiger partial charge in [-0.25, -0.2) is 0 Å². The third kappa shape index (κ3) is 6.17. The molecule has 1 atom stereocenters. The van der Waals surface area contributed by atoms with Crippen molar-refractivity contribution in [3.05, 3.63) is 12.2 Å². The molecule has 7 heavy (non-hydrogen) atoms. The second-order valence-corrected chi connectivity index (χ2v) is 2.99. The fourth-order valence-corrected chi connectivity index (χ4v) is 1.04. The van der Waals surface area contributed by atoms with Gasteiger partial charge in [0.1, 0.15) is 0 Å². The Hall–Kier alpha value is 0.170. The zero-order valence-electron chi connectivity index (χ0n) is 5.07. The van der Waals surface area contributed by atoms with Crippen molar-refractivity contribution in [1.82, 2.24) is 0 Å². The quantitative estimate of drug-likeness (QED) is 0.301. The van der Waals surface area contributed by atoms with E-state index in [1.165, 1.54) is 12.3 Å². The van der Waals surface area contributed by atoms with E-state index in [9.17, 15) is 0 Å². The van der Waals surface area contributed by atoms with Gasteiger partial charge in [-0.3, -0.25) is 0 Å². The summed E-state index contributed by atoms with van der Waals surface area (Å²) >= 11 is 0. The minimum atomic E-state index is 1.13. The molecular weight excluding hydrogens is 103 g/mol. The summed E-state index contributed by atoms with van der Waals surface area (Å²) in [4.78, 5) is 0.